The molecule has 6 nitrogen and oxygen atoms in total. The van der Waals surface area contributed by atoms with Gasteiger partial charge in [0.05, 0.1) is 16.7 Å². The molecule has 2 aromatic rings. The van der Waals surface area contributed by atoms with Crippen molar-refractivity contribution in [1.82, 2.24) is 10.2 Å². The molecule has 2 amide bonds. The highest BCUT2D eigenvalue weighted by molar-refractivity contribution is 7.90. The average molecular weight is 470 g/mol. The first-order chi connectivity index (χ1) is 15.6. The zero-order valence-corrected chi connectivity index (χ0v) is 19.6. The number of hydrogen-bond acceptors (Lipinski definition) is 4. The van der Waals surface area contributed by atoms with Crippen LogP contribution in [0.25, 0.3) is 0 Å². The quantitative estimate of drug-likeness (QED) is 0.556. The van der Waals surface area contributed by atoms with Crippen molar-refractivity contribution in [3.63, 3.8) is 0 Å². The van der Waals surface area contributed by atoms with E-state index in [9.17, 15) is 17.6 Å². The van der Waals surface area contributed by atoms with Gasteiger partial charge in [-0.15, -0.1) is 0 Å². The number of nitrogens with one attached hydrogen (secondary N) is 2. The smallest absolute Gasteiger partial charge is 0.319 e. The molecule has 1 aliphatic rings. The molecule has 0 saturated heterocycles. The number of benzene rings is 2. The number of anilines is 1. The Morgan fingerprint density at radius 2 is 1.91 bits per heavy atom. The molecule has 1 aliphatic heterocycles. The number of halogens is 1. The van der Waals surface area contributed by atoms with Gasteiger partial charge in [-0.25, -0.2) is 17.6 Å². The predicted octanol–water partition coefficient (Wildman–Crippen LogP) is 4.55. The van der Waals surface area contributed by atoms with Crippen LogP contribution in [-0.2, 0) is 28.7 Å². The van der Waals surface area contributed by atoms with Crippen LogP contribution in [0.15, 0.2) is 78.3 Å². The van der Waals surface area contributed by atoms with Gasteiger partial charge in [0.1, 0.15) is 5.82 Å². The number of sulfone groups is 1. The Balaban J connectivity index is 1.67. The van der Waals surface area contributed by atoms with Crippen LogP contribution in [0.4, 0.5) is 14.9 Å². The van der Waals surface area contributed by atoms with E-state index >= 15 is 0 Å². The molecule has 0 fully saturated rings. The molecule has 2 aromatic carbocycles. The van der Waals surface area contributed by atoms with Gasteiger partial charge in [0.25, 0.3) is 0 Å². The minimum absolute atomic E-state index is 0.0997. The molecule has 1 atom stereocenters. The number of allylic oxidation sites excluding steroid dienone is 2. The molecule has 0 radical (unpaired) electrons. The number of nitrogens with zero attached hydrogens (tertiary/aromatic N) is 1. The largest absolute Gasteiger partial charge is 0.331 e. The summed E-state index contributed by atoms with van der Waals surface area (Å²) in [6.07, 6.45) is 5.00. The molecule has 0 bridgehead atoms. The van der Waals surface area contributed by atoms with Crippen LogP contribution in [0.3, 0.4) is 0 Å². The highest BCUT2D eigenvalue weighted by Gasteiger charge is 2.23. The molecule has 2 N–H and O–H groups in total. The second-order valence-electron chi connectivity index (χ2n) is 8.10. The molecular weight excluding hydrogens is 441 g/mol. The van der Waals surface area contributed by atoms with E-state index in [1.54, 1.807) is 24.3 Å². The van der Waals surface area contributed by atoms with Gasteiger partial charge in [-0.05, 0) is 61.0 Å². The zero-order valence-electron chi connectivity index (χ0n) is 18.8. The Kier molecular flexibility index (Phi) is 7.50. The first-order valence-electron chi connectivity index (χ1n) is 10.5. The normalized spacial score (nSPS) is 14.9. The minimum atomic E-state index is -3.68. The summed E-state index contributed by atoms with van der Waals surface area (Å²) >= 11 is 0. The average Bonchev–Trinajstić information content (AvgIpc) is 3.12. The fourth-order valence-corrected chi connectivity index (χ4v) is 5.12. The molecule has 33 heavy (non-hydrogen) atoms. The van der Waals surface area contributed by atoms with E-state index in [2.05, 4.69) is 23.8 Å². The van der Waals surface area contributed by atoms with E-state index < -0.39 is 15.9 Å². The number of amides is 2. The summed E-state index contributed by atoms with van der Waals surface area (Å²) in [5.74, 6) is -0.671. The number of urea groups is 1. The number of fused-ring (bicyclic) bond motifs is 1. The third kappa shape index (κ3) is 5.97. The van der Waals surface area contributed by atoms with Crippen molar-refractivity contribution in [3.05, 3.63) is 95.9 Å². The van der Waals surface area contributed by atoms with Crippen LogP contribution in [0.5, 0.6) is 0 Å². The lowest BCUT2D eigenvalue weighted by Gasteiger charge is -2.16. The molecule has 0 saturated carbocycles. The van der Waals surface area contributed by atoms with Crippen LogP contribution >= 0.6 is 0 Å². The highest BCUT2D eigenvalue weighted by Crippen LogP contribution is 2.27. The topological polar surface area (TPSA) is 78.5 Å². The van der Waals surface area contributed by atoms with E-state index in [4.69, 9.17) is 0 Å². The van der Waals surface area contributed by atoms with Crippen molar-refractivity contribution in [2.45, 2.75) is 36.7 Å². The van der Waals surface area contributed by atoms with E-state index in [0.29, 0.717) is 29.9 Å². The molecule has 0 aliphatic carbocycles. The lowest BCUT2D eigenvalue weighted by atomic mass is 10.1. The van der Waals surface area contributed by atoms with Gasteiger partial charge in [-0.2, -0.15) is 0 Å². The summed E-state index contributed by atoms with van der Waals surface area (Å²) in [6, 6.07) is 8.24. The van der Waals surface area contributed by atoms with Gasteiger partial charge in [0.2, 0.25) is 0 Å². The third-order valence-corrected chi connectivity index (χ3v) is 7.14. The van der Waals surface area contributed by atoms with E-state index in [-0.39, 0.29) is 22.5 Å². The van der Waals surface area contributed by atoms with Crippen molar-refractivity contribution in [1.29, 1.82) is 0 Å². The van der Waals surface area contributed by atoms with Crippen molar-refractivity contribution in [3.8, 4) is 0 Å². The minimum Gasteiger partial charge on any atom is -0.331 e. The zero-order chi connectivity index (χ0) is 24.2. The van der Waals surface area contributed by atoms with Crippen LogP contribution in [-0.4, -0.2) is 32.4 Å². The molecule has 3 rings (SSSR count). The van der Waals surface area contributed by atoms with E-state index in [0.717, 1.165) is 11.1 Å². The maximum atomic E-state index is 14.4. The lowest BCUT2D eigenvalue weighted by molar-refractivity contribution is 0.250. The van der Waals surface area contributed by atoms with Crippen molar-refractivity contribution in [2.24, 2.45) is 0 Å². The Morgan fingerprint density at radius 3 is 2.55 bits per heavy atom. The van der Waals surface area contributed by atoms with Gasteiger partial charge in [-0.1, -0.05) is 37.5 Å². The SMILES string of the molecule is C=C/C=C(\C=C)[C@@H](C)NC(=O)Nc1ccc(S(=O)(=O)Cc2cc(F)c3c(c2)CN(C)C3)cc1. The Hall–Kier alpha value is -3.23. The molecule has 174 valence electrons. The van der Waals surface area contributed by atoms with Crippen LogP contribution < -0.4 is 10.6 Å². The third-order valence-electron chi connectivity index (χ3n) is 5.44. The molecule has 0 unspecified atom stereocenters. The fraction of sp³-hybridized carbons (Fsp3) is 0.240. The number of carbonyl (C=O) groups is 1. The second-order valence-corrected chi connectivity index (χ2v) is 10.1. The van der Waals surface area contributed by atoms with E-state index in [1.165, 1.54) is 30.3 Å². The van der Waals surface area contributed by atoms with Gasteiger partial charge < -0.3 is 10.6 Å². The van der Waals surface area contributed by atoms with Gasteiger partial charge in [-0.3, -0.25) is 4.90 Å². The molecule has 1 heterocycles. The highest BCUT2D eigenvalue weighted by atomic mass is 32.2. The first kappa shape index (κ1) is 24.4. The summed E-state index contributed by atoms with van der Waals surface area (Å²) in [5.41, 5.74) is 3.11. The Bertz CT molecular complexity index is 1200. The summed E-state index contributed by atoms with van der Waals surface area (Å²) < 4.78 is 40.1. The monoisotopic (exact) mass is 469 g/mol. The standard InChI is InChI=1S/C25H28FN3O3S/c1-5-7-19(6-2)17(3)27-25(30)28-21-8-10-22(11-9-21)33(31,32)16-18-12-20-14-29(4)15-23(20)24(26)13-18/h5-13,17H,1-2,14-16H2,3-4H3,(H2,27,28,30)/b19-7+/t17-/m1/s1. The van der Waals surface area contributed by atoms with Crippen LogP contribution in [0.2, 0.25) is 0 Å². The number of rotatable bonds is 8. The molecule has 8 heteroatoms. The fourth-order valence-electron chi connectivity index (χ4n) is 3.79. The van der Waals surface area contributed by atoms with Crippen molar-refractivity contribution in [2.75, 3.05) is 12.4 Å². The van der Waals surface area contributed by atoms with Gasteiger partial charge >= 0.3 is 6.03 Å². The van der Waals surface area contributed by atoms with Crippen molar-refractivity contribution >= 4 is 21.6 Å². The second kappa shape index (κ2) is 10.1. The van der Waals surface area contributed by atoms with Crippen LogP contribution in [0.1, 0.15) is 23.6 Å². The van der Waals surface area contributed by atoms with E-state index in [1.807, 2.05) is 18.9 Å². The van der Waals surface area contributed by atoms with Crippen LogP contribution in [0, 0.1) is 5.82 Å². The molecular formula is C25H28FN3O3S. The number of carbonyl (C=O) groups excluding carboxylic acids is 1. The Labute approximate surface area is 194 Å². The Morgan fingerprint density at radius 1 is 1.21 bits per heavy atom. The van der Waals surface area contributed by atoms with Gasteiger partial charge in [0.15, 0.2) is 9.84 Å². The summed E-state index contributed by atoms with van der Waals surface area (Å²) in [6.45, 7) is 10.3. The summed E-state index contributed by atoms with van der Waals surface area (Å²) in [4.78, 5) is 14.3. The number of hydrogen-bond donors (Lipinski definition) is 2. The van der Waals surface area contributed by atoms with Gasteiger partial charge in [0, 0.05) is 24.3 Å². The first-order valence-corrected chi connectivity index (χ1v) is 12.1. The predicted molar refractivity (Wildman–Crippen MR) is 129 cm³/mol. The summed E-state index contributed by atoms with van der Waals surface area (Å²) in [5, 5.41) is 5.45. The molecule has 0 aromatic heterocycles. The maximum absolute atomic E-state index is 14.4. The maximum Gasteiger partial charge on any atom is 0.319 e. The molecule has 0 spiro atoms. The lowest BCUT2D eigenvalue weighted by Crippen LogP contribution is -2.36. The summed E-state index contributed by atoms with van der Waals surface area (Å²) in [7, 11) is -1.79. The van der Waals surface area contributed by atoms with Crippen molar-refractivity contribution < 1.29 is 17.6 Å².